The zero-order valence-corrected chi connectivity index (χ0v) is 16.0. The summed E-state index contributed by atoms with van der Waals surface area (Å²) >= 11 is 12.1. The first-order valence-electron chi connectivity index (χ1n) is 8.44. The molecule has 4 aromatic rings. The lowest BCUT2D eigenvalue weighted by Crippen LogP contribution is -2.21. The third-order valence-electron chi connectivity index (χ3n) is 4.01. The van der Waals surface area contributed by atoms with Gasteiger partial charge in [-0.15, -0.1) is 0 Å². The average Bonchev–Trinajstić information content (AvgIpc) is 2.68. The van der Waals surface area contributed by atoms with Gasteiger partial charge in [0.05, 0.1) is 5.69 Å². The highest BCUT2D eigenvalue weighted by molar-refractivity contribution is 6.31. The zero-order chi connectivity index (χ0) is 19.5. The number of hydrogen-bond donors (Lipinski definition) is 1. The molecule has 0 atom stereocenters. The minimum atomic E-state index is -0.235. The lowest BCUT2D eigenvalue weighted by Gasteiger charge is -2.10. The maximum atomic E-state index is 13.0. The van der Waals surface area contributed by atoms with Gasteiger partial charge in [0.1, 0.15) is 17.0 Å². The number of aliphatic imine (C=N–C) groups is 1. The molecule has 0 fully saturated rings. The summed E-state index contributed by atoms with van der Waals surface area (Å²) in [5.41, 5.74) is 1.97. The summed E-state index contributed by atoms with van der Waals surface area (Å²) in [4.78, 5) is 22.0. The van der Waals surface area contributed by atoms with E-state index < -0.39 is 0 Å². The van der Waals surface area contributed by atoms with E-state index in [4.69, 9.17) is 23.2 Å². The third kappa shape index (κ3) is 4.65. The summed E-state index contributed by atoms with van der Waals surface area (Å²) in [5, 5.41) is 4.32. The van der Waals surface area contributed by atoms with Crippen LogP contribution in [0.15, 0.2) is 82.7 Å². The number of anilines is 2. The summed E-state index contributed by atoms with van der Waals surface area (Å²) in [6, 6.07) is 19.6. The molecule has 0 saturated carbocycles. The van der Waals surface area contributed by atoms with Crippen molar-refractivity contribution < 1.29 is 0 Å². The van der Waals surface area contributed by atoms with Crippen LogP contribution in [0.3, 0.4) is 0 Å². The van der Waals surface area contributed by atoms with Crippen molar-refractivity contribution in [1.82, 2.24) is 9.38 Å². The summed E-state index contributed by atoms with van der Waals surface area (Å²) < 4.78 is 1.47. The molecule has 146 valence electrons. The van der Waals surface area contributed by atoms with E-state index in [1.165, 1.54) is 10.6 Å². The molecule has 0 aliphatic heterocycles. The van der Waals surface area contributed by atoms with Gasteiger partial charge in [-0.3, -0.25) is 14.2 Å². The van der Waals surface area contributed by atoms with E-state index in [9.17, 15) is 4.79 Å². The monoisotopic (exact) mass is 424 g/mol. The van der Waals surface area contributed by atoms with Crippen LogP contribution >= 0.6 is 23.2 Å². The van der Waals surface area contributed by atoms with Gasteiger partial charge in [0.15, 0.2) is 0 Å². The highest BCUT2D eigenvalue weighted by Gasteiger charge is 2.12. The summed E-state index contributed by atoms with van der Waals surface area (Å²) in [7, 11) is 0. The largest absolute Gasteiger partial charge is 0.339 e. The van der Waals surface area contributed by atoms with Crippen LogP contribution in [0.1, 0.15) is 13.0 Å². The molecule has 0 saturated heterocycles. The minimum absolute atomic E-state index is 0. The summed E-state index contributed by atoms with van der Waals surface area (Å²) in [6.07, 6.45) is 3.16. The van der Waals surface area contributed by atoms with E-state index in [0.717, 1.165) is 5.69 Å². The molecule has 7 heteroatoms. The first-order chi connectivity index (χ1) is 13.6. The Morgan fingerprint density at radius 3 is 2.48 bits per heavy atom. The van der Waals surface area contributed by atoms with Crippen LogP contribution in [0, 0.1) is 0 Å². The maximum Gasteiger partial charge on any atom is 0.268 e. The number of rotatable bonds is 4. The Morgan fingerprint density at radius 1 is 0.966 bits per heavy atom. The highest BCUT2D eigenvalue weighted by Crippen LogP contribution is 2.22. The lowest BCUT2D eigenvalue weighted by molar-refractivity contribution is 1.04. The summed E-state index contributed by atoms with van der Waals surface area (Å²) in [5.74, 6) is 0.393. The molecule has 0 amide bonds. The molecule has 0 unspecified atom stereocenters. The maximum absolute atomic E-state index is 13.0. The van der Waals surface area contributed by atoms with E-state index in [1.807, 2.05) is 18.2 Å². The van der Waals surface area contributed by atoms with Crippen LogP contribution in [0.2, 0.25) is 10.0 Å². The van der Waals surface area contributed by atoms with Crippen molar-refractivity contribution >= 4 is 52.3 Å². The van der Waals surface area contributed by atoms with Crippen LogP contribution in [-0.2, 0) is 0 Å². The molecule has 2 aromatic heterocycles. The van der Waals surface area contributed by atoms with Gasteiger partial charge in [-0.25, -0.2) is 4.98 Å². The molecule has 4 rings (SSSR count). The second kappa shape index (κ2) is 8.90. The Labute approximate surface area is 178 Å². The zero-order valence-electron chi connectivity index (χ0n) is 14.5. The SMILES string of the molecule is C.O=c1c(C=Nc2cccc(Cl)c2)c(Nc2cccc(Cl)c2)nc2ccccn12. The fourth-order valence-electron chi connectivity index (χ4n) is 2.71. The lowest BCUT2D eigenvalue weighted by atomic mass is 10.2. The van der Waals surface area contributed by atoms with Crippen molar-refractivity contribution in [2.75, 3.05) is 5.32 Å². The molecule has 0 bridgehead atoms. The van der Waals surface area contributed by atoms with Gasteiger partial charge in [-0.05, 0) is 48.5 Å². The molecule has 0 aliphatic carbocycles. The van der Waals surface area contributed by atoms with Crippen molar-refractivity contribution in [2.24, 2.45) is 4.99 Å². The Kier molecular flexibility index (Phi) is 6.32. The molecular weight excluding hydrogens is 407 g/mol. The normalized spacial score (nSPS) is 10.8. The van der Waals surface area contributed by atoms with Gasteiger partial charge in [0.25, 0.3) is 5.56 Å². The molecule has 29 heavy (non-hydrogen) atoms. The highest BCUT2D eigenvalue weighted by atomic mass is 35.5. The predicted molar refractivity (Wildman–Crippen MR) is 122 cm³/mol. The third-order valence-corrected chi connectivity index (χ3v) is 4.48. The van der Waals surface area contributed by atoms with E-state index in [1.54, 1.807) is 54.7 Å². The van der Waals surface area contributed by atoms with Crippen molar-refractivity contribution in [3.05, 3.63) is 98.9 Å². The van der Waals surface area contributed by atoms with Gasteiger partial charge in [-0.2, -0.15) is 0 Å². The number of aromatic nitrogens is 2. The number of benzene rings is 2. The molecule has 0 radical (unpaired) electrons. The second-order valence-corrected chi connectivity index (χ2v) is 6.85. The smallest absolute Gasteiger partial charge is 0.268 e. The molecule has 2 aromatic carbocycles. The number of nitrogens with zero attached hydrogens (tertiary/aromatic N) is 3. The standard InChI is InChI=1S/C21H14Cl2N4O.CH4/c22-14-5-3-7-16(11-14)24-13-18-20(25-17-8-4-6-15(23)12-17)26-19-9-1-2-10-27(19)21(18)28;/h1-13,25H;1H4. The number of fused-ring (bicyclic) bond motifs is 1. The first kappa shape index (κ1) is 20.6. The molecule has 0 aliphatic rings. The number of hydrogen-bond acceptors (Lipinski definition) is 4. The van der Waals surface area contributed by atoms with Gasteiger partial charge in [0, 0.05) is 28.1 Å². The topological polar surface area (TPSA) is 58.8 Å². The Hall–Kier alpha value is -3.15. The molecule has 5 nitrogen and oxygen atoms in total. The Bertz CT molecular complexity index is 1250. The number of halogens is 2. The van der Waals surface area contributed by atoms with E-state index >= 15 is 0 Å². The molecular formula is C22H18Cl2N4O. The van der Waals surface area contributed by atoms with Crippen LogP contribution < -0.4 is 10.9 Å². The van der Waals surface area contributed by atoms with Crippen molar-refractivity contribution in [1.29, 1.82) is 0 Å². The fraction of sp³-hybridized carbons (Fsp3) is 0.0455. The van der Waals surface area contributed by atoms with Crippen molar-refractivity contribution in [2.45, 2.75) is 7.43 Å². The Balaban J connectivity index is 0.00000240. The van der Waals surface area contributed by atoms with Gasteiger partial charge in [0.2, 0.25) is 0 Å². The predicted octanol–water partition coefficient (Wildman–Crippen LogP) is 6.13. The fourth-order valence-corrected chi connectivity index (χ4v) is 3.09. The van der Waals surface area contributed by atoms with Crippen LogP contribution in [0.4, 0.5) is 17.2 Å². The minimum Gasteiger partial charge on any atom is -0.339 e. The van der Waals surface area contributed by atoms with E-state index in [-0.39, 0.29) is 13.0 Å². The first-order valence-corrected chi connectivity index (χ1v) is 9.19. The van der Waals surface area contributed by atoms with Crippen molar-refractivity contribution in [3.63, 3.8) is 0 Å². The van der Waals surface area contributed by atoms with Gasteiger partial charge >= 0.3 is 0 Å². The quantitative estimate of drug-likeness (QED) is 0.400. The van der Waals surface area contributed by atoms with Crippen molar-refractivity contribution in [3.8, 4) is 0 Å². The second-order valence-electron chi connectivity index (χ2n) is 5.98. The van der Waals surface area contributed by atoms with E-state index in [0.29, 0.717) is 32.8 Å². The number of nitrogens with one attached hydrogen (secondary N) is 1. The molecule has 1 N–H and O–H groups in total. The summed E-state index contributed by atoms with van der Waals surface area (Å²) in [6.45, 7) is 0. The number of pyridine rings is 1. The van der Waals surface area contributed by atoms with E-state index in [2.05, 4.69) is 15.3 Å². The van der Waals surface area contributed by atoms with Gasteiger partial charge < -0.3 is 5.32 Å². The molecule has 0 spiro atoms. The van der Waals surface area contributed by atoms with Crippen LogP contribution in [0.5, 0.6) is 0 Å². The van der Waals surface area contributed by atoms with Crippen LogP contribution in [0.25, 0.3) is 5.65 Å². The average molecular weight is 425 g/mol. The molecule has 2 heterocycles. The van der Waals surface area contributed by atoms with Gasteiger partial charge in [-0.1, -0.05) is 48.8 Å². The Morgan fingerprint density at radius 2 is 1.72 bits per heavy atom. The van der Waals surface area contributed by atoms with Crippen LogP contribution in [-0.4, -0.2) is 15.6 Å².